The second-order valence-corrected chi connectivity index (χ2v) is 8.41. The number of benzene rings is 2. The summed E-state index contributed by atoms with van der Waals surface area (Å²) in [5.74, 6) is 0.121. The van der Waals surface area contributed by atoms with Gasteiger partial charge in [-0.15, -0.1) is 0 Å². The van der Waals surface area contributed by atoms with Crippen LogP contribution >= 0.6 is 61.1 Å². The first kappa shape index (κ1) is 19.4. The number of nitrogens with zero attached hydrogens (tertiary/aromatic N) is 1. The van der Waals surface area contributed by atoms with Crippen molar-refractivity contribution in [2.45, 2.75) is 0 Å². The number of methoxy groups -OCH3 is 1. The largest absolute Gasteiger partial charge is 0.504 e. The van der Waals surface area contributed by atoms with Crippen molar-refractivity contribution in [3.8, 4) is 11.5 Å². The number of rotatable bonds is 4. The summed E-state index contributed by atoms with van der Waals surface area (Å²) in [7, 11) is 1.47. The number of hydrazone groups is 1. The van der Waals surface area contributed by atoms with E-state index in [1.165, 1.54) is 13.3 Å². The summed E-state index contributed by atoms with van der Waals surface area (Å²) in [6.07, 6.45) is 1.46. The number of amides is 1. The number of carbonyl (C=O) groups is 1. The van der Waals surface area contributed by atoms with E-state index < -0.39 is 5.91 Å². The number of carbonyl (C=O) groups excluding carboxylic acids is 1. The highest BCUT2D eigenvalue weighted by molar-refractivity contribution is 14.1. The molecular formula is C17H11BrI2N2O4. The fraction of sp³-hybridized carbons (Fsp3) is 0.0588. The zero-order chi connectivity index (χ0) is 18.8. The van der Waals surface area contributed by atoms with Gasteiger partial charge >= 0.3 is 5.91 Å². The van der Waals surface area contributed by atoms with Gasteiger partial charge in [-0.25, -0.2) is 5.43 Å². The lowest BCUT2D eigenvalue weighted by Crippen LogP contribution is -2.16. The monoisotopic (exact) mass is 640 g/mol. The number of aromatic hydroxyl groups is 1. The van der Waals surface area contributed by atoms with Crippen LogP contribution in [0.2, 0.25) is 0 Å². The minimum absolute atomic E-state index is 0.0670. The van der Waals surface area contributed by atoms with Gasteiger partial charge < -0.3 is 14.3 Å². The number of fused-ring (bicyclic) bond motifs is 1. The van der Waals surface area contributed by atoms with Gasteiger partial charge in [-0.1, -0.05) is 15.9 Å². The predicted octanol–water partition coefficient (Wildman–Crippen LogP) is 4.88. The highest BCUT2D eigenvalue weighted by Crippen LogP contribution is 2.32. The van der Waals surface area contributed by atoms with Gasteiger partial charge in [0.25, 0.3) is 0 Å². The number of furan rings is 1. The van der Waals surface area contributed by atoms with Crippen LogP contribution in [0.5, 0.6) is 11.5 Å². The van der Waals surface area contributed by atoms with E-state index in [1.807, 2.05) is 34.7 Å². The van der Waals surface area contributed by atoms with Crippen LogP contribution in [0.4, 0.5) is 0 Å². The fourth-order valence-electron chi connectivity index (χ4n) is 2.23. The Morgan fingerprint density at radius 3 is 2.77 bits per heavy atom. The molecule has 3 rings (SSSR count). The maximum Gasteiger partial charge on any atom is 0.307 e. The number of nitrogens with one attached hydrogen (secondary N) is 1. The van der Waals surface area contributed by atoms with Gasteiger partial charge in [0.2, 0.25) is 0 Å². The van der Waals surface area contributed by atoms with E-state index in [-0.39, 0.29) is 11.5 Å². The number of ether oxygens (including phenoxy) is 1. The van der Waals surface area contributed by atoms with Crippen LogP contribution in [0, 0.1) is 7.14 Å². The highest BCUT2D eigenvalue weighted by Gasteiger charge is 2.14. The van der Waals surface area contributed by atoms with Crippen molar-refractivity contribution < 1.29 is 19.1 Å². The number of halogens is 3. The van der Waals surface area contributed by atoms with Crippen molar-refractivity contribution in [1.29, 1.82) is 0 Å². The molecule has 3 aromatic rings. The summed E-state index contributed by atoms with van der Waals surface area (Å²) in [6.45, 7) is 0. The lowest BCUT2D eigenvalue weighted by atomic mass is 10.2. The van der Waals surface area contributed by atoms with Gasteiger partial charge in [0, 0.05) is 9.86 Å². The topological polar surface area (TPSA) is 84.1 Å². The molecule has 0 aliphatic carbocycles. The summed E-state index contributed by atoms with van der Waals surface area (Å²) in [5, 5.41) is 14.6. The molecule has 1 aromatic heterocycles. The number of hydrogen-bond acceptors (Lipinski definition) is 5. The van der Waals surface area contributed by atoms with Crippen molar-refractivity contribution >= 4 is 84.2 Å². The minimum Gasteiger partial charge on any atom is -0.504 e. The predicted molar refractivity (Wildman–Crippen MR) is 119 cm³/mol. The number of phenols is 1. The van der Waals surface area contributed by atoms with Crippen molar-refractivity contribution in [2.75, 3.05) is 7.11 Å². The second-order valence-electron chi connectivity index (χ2n) is 5.17. The first-order valence-corrected chi connectivity index (χ1v) is 10.1. The Morgan fingerprint density at radius 1 is 1.27 bits per heavy atom. The standard InChI is InChI=1S/C17H11BrI2N2O4/c1-25-13-3-8(2-11(19)15(13)23)7-21-22-17(24)14-5-9-4-10(18)6-12(20)16(9)26-14/h2-7,23H,1H3,(H,22,24)/b21-7-. The average Bonchev–Trinajstić information content (AvgIpc) is 3.02. The van der Waals surface area contributed by atoms with Crippen molar-refractivity contribution in [1.82, 2.24) is 5.43 Å². The molecule has 0 unspecified atom stereocenters. The van der Waals surface area contributed by atoms with E-state index in [4.69, 9.17) is 9.15 Å². The molecule has 26 heavy (non-hydrogen) atoms. The molecule has 0 atom stereocenters. The van der Waals surface area contributed by atoms with Crippen LogP contribution in [-0.4, -0.2) is 24.3 Å². The molecule has 0 bridgehead atoms. The molecular weight excluding hydrogens is 630 g/mol. The van der Waals surface area contributed by atoms with Crippen molar-refractivity contribution in [3.63, 3.8) is 0 Å². The molecule has 2 N–H and O–H groups in total. The third-order valence-electron chi connectivity index (χ3n) is 3.41. The summed E-state index contributed by atoms with van der Waals surface area (Å²) in [4.78, 5) is 12.2. The van der Waals surface area contributed by atoms with Crippen LogP contribution in [0.15, 0.2) is 44.3 Å². The zero-order valence-electron chi connectivity index (χ0n) is 13.2. The van der Waals surface area contributed by atoms with E-state index in [2.05, 4.69) is 49.0 Å². The smallest absolute Gasteiger partial charge is 0.307 e. The van der Waals surface area contributed by atoms with Gasteiger partial charge in [-0.05, 0) is 81.1 Å². The third kappa shape index (κ3) is 4.14. The average molecular weight is 641 g/mol. The van der Waals surface area contributed by atoms with Gasteiger partial charge in [0.15, 0.2) is 17.3 Å². The Kier molecular flexibility index (Phi) is 6.07. The molecule has 1 heterocycles. The van der Waals surface area contributed by atoms with Crippen molar-refractivity contribution in [3.05, 3.63) is 53.3 Å². The molecule has 0 saturated heterocycles. The molecule has 0 saturated carbocycles. The summed E-state index contributed by atoms with van der Waals surface area (Å²) in [5.41, 5.74) is 3.76. The van der Waals surface area contributed by atoms with Gasteiger partial charge in [-0.2, -0.15) is 5.10 Å². The Bertz CT molecular complexity index is 1030. The SMILES string of the molecule is COc1cc(/C=N\NC(=O)c2cc3cc(Br)cc(I)c3o2)cc(I)c1O. The summed E-state index contributed by atoms with van der Waals surface area (Å²) in [6, 6.07) is 8.79. The van der Waals surface area contributed by atoms with Gasteiger partial charge in [0.05, 0.1) is 20.5 Å². The third-order valence-corrected chi connectivity index (χ3v) is 5.49. The van der Waals surface area contributed by atoms with E-state index >= 15 is 0 Å². The Labute approximate surface area is 184 Å². The quantitative estimate of drug-likeness (QED) is 0.242. The molecule has 134 valence electrons. The second kappa shape index (κ2) is 8.13. The Balaban J connectivity index is 1.78. The maximum absolute atomic E-state index is 12.2. The molecule has 1 amide bonds. The van der Waals surface area contributed by atoms with Crippen LogP contribution in [0.3, 0.4) is 0 Å². The van der Waals surface area contributed by atoms with Gasteiger partial charge in [0.1, 0.15) is 5.58 Å². The number of phenolic OH excluding ortho intramolecular Hbond substituents is 1. The summed E-state index contributed by atoms with van der Waals surface area (Å²) >= 11 is 7.56. The molecule has 0 fully saturated rings. The zero-order valence-corrected chi connectivity index (χ0v) is 19.1. The van der Waals surface area contributed by atoms with Crippen LogP contribution in [0.25, 0.3) is 11.0 Å². The highest BCUT2D eigenvalue weighted by atomic mass is 127. The first-order valence-electron chi connectivity index (χ1n) is 7.17. The molecule has 0 radical (unpaired) electrons. The van der Waals surface area contributed by atoms with E-state index in [0.29, 0.717) is 20.5 Å². The van der Waals surface area contributed by atoms with E-state index in [1.54, 1.807) is 18.2 Å². The normalized spacial score (nSPS) is 11.2. The van der Waals surface area contributed by atoms with Crippen LogP contribution in [0.1, 0.15) is 16.1 Å². The van der Waals surface area contributed by atoms with Crippen molar-refractivity contribution in [2.24, 2.45) is 5.10 Å². The minimum atomic E-state index is -0.454. The summed E-state index contributed by atoms with van der Waals surface area (Å²) < 4.78 is 13.1. The number of hydrogen-bond donors (Lipinski definition) is 2. The van der Waals surface area contributed by atoms with Crippen LogP contribution < -0.4 is 10.2 Å². The maximum atomic E-state index is 12.2. The molecule has 9 heteroatoms. The lowest BCUT2D eigenvalue weighted by Gasteiger charge is -2.06. The molecule has 0 aliphatic heterocycles. The molecule has 2 aromatic carbocycles. The van der Waals surface area contributed by atoms with E-state index in [0.717, 1.165) is 13.4 Å². The van der Waals surface area contributed by atoms with E-state index in [9.17, 15) is 9.90 Å². The Morgan fingerprint density at radius 2 is 2.04 bits per heavy atom. The fourth-order valence-corrected chi connectivity index (χ4v) is 4.52. The molecule has 0 aliphatic rings. The van der Waals surface area contributed by atoms with Crippen LogP contribution in [-0.2, 0) is 0 Å². The lowest BCUT2D eigenvalue weighted by molar-refractivity contribution is 0.0929. The Hall–Kier alpha value is -1.34. The molecule has 0 spiro atoms. The van der Waals surface area contributed by atoms with Gasteiger partial charge in [-0.3, -0.25) is 4.79 Å². The molecule has 6 nitrogen and oxygen atoms in total. The first-order chi connectivity index (χ1) is 12.4.